The highest BCUT2D eigenvalue weighted by Gasteiger charge is 2.38. The molecule has 1 aliphatic carbocycles. The van der Waals surface area contributed by atoms with Gasteiger partial charge in [0.05, 0.1) is 17.4 Å². The van der Waals surface area contributed by atoms with Gasteiger partial charge in [-0.05, 0) is 33.7 Å². The van der Waals surface area contributed by atoms with Crippen molar-refractivity contribution >= 4 is 15.8 Å². The normalized spacial score (nSPS) is 19.4. The minimum absolute atomic E-state index is 0.0997. The van der Waals surface area contributed by atoms with Crippen LogP contribution >= 0.6 is 0 Å². The predicted octanol–water partition coefficient (Wildman–Crippen LogP) is 1.92. The molecule has 0 radical (unpaired) electrons. The zero-order chi connectivity index (χ0) is 15.4. The highest BCUT2D eigenvalue weighted by atomic mass is 32.2. The molecule has 0 aromatic heterocycles. The van der Waals surface area contributed by atoms with Crippen LogP contribution in [0.2, 0.25) is 0 Å². The Morgan fingerprint density at radius 2 is 1.80 bits per heavy atom. The zero-order valence-electron chi connectivity index (χ0n) is 12.8. The Labute approximate surface area is 122 Å². The van der Waals surface area contributed by atoms with Crippen LogP contribution in [-0.4, -0.2) is 54.5 Å². The SMILES string of the molecule is CC(C)S(=O)(=O)CCN(C)C1(CC(=O)O)CCCCC1. The topological polar surface area (TPSA) is 74.7 Å². The Morgan fingerprint density at radius 3 is 2.25 bits per heavy atom. The number of hydrogen-bond donors (Lipinski definition) is 1. The fraction of sp³-hybridized carbons (Fsp3) is 0.929. The quantitative estimate of drug-likeness (QED) is 0.778. The molecule has 1 N–H and O–H groups in total. The Kier molecular flexibility index (Phi) is 6.01. The summed E-state index contributed by atoms with van der Waals surface area (Å²) in [5, 5.41) is 8.77. The van der Waals surface area contributed by atoms with E-state index in [1.807, 2.05) is 11.9 Å². The van der Waals surface area contributed by atoms with Crippen LogP contribution in [0.5, 0.6) is 0 Å². The van der Waals surface area contributed by atoms with Crippen molar-refractivity contribution in [3.63, 3.8) is 0 Å². The average molecular weight is 305 g/mol. The number of nitrogens with zero attached hydrogens (tertiary/aromatic N) is 1. The van der Waals surface area contributed by atoms with Crippen molar-refractivity contribution < 1.29 is 18.3 Å². The van der Waals surface area contributed by atoms with Gasteiger partial charge in [0.1, 0.15) is 0 Å². The summed E-state index contributed by atoms with van der Waals surface area (Å²) in [5.41, 5.74) is -0.365. The van der Waals surface area contributed by atoms with Crippen molar-refractivity contribution in [1.29, 1.82) is 0 Å². The molecule has 0 saturated heterocycles. The van der Waals surface area contributed by atoms with Crippen molar-refractivity contribution in [2.75, 3.05) is 19.3 Å². The number of carboxylic acids is 1. The third kappa shape index (κ3) is 4.45. The van der Waals surface area contributed by atoms with E-state index in [0.29, 0.717) is 6.54 Å². The molecule has 5 nitrogen and oxygen atoms in total. The first-order valence-electron chi connectivity index (χ1n) is 7.34. The van der Waals surface area contributed by atoms with Crippen LogP contribution in [0.15, 0.2) is 0 Å². The molecule has 1 rings (SSSR count). The Hall–Kier alpha value is -0.620. The summed E-state index contributed by atoms with van der Waals surface area (Å²) in [5.74, 6) is -0.701. The van der Waals surface area contributed by atoms with Gasteiger partial charge in [-0.15, -0.1) is 0 Å². The van der Waals surface area contributed by atoms with Gasteiger partial charge in [0, 0.05) is 12.1 Å². The fourth-order valence-corrected chi connectivity index (χ4v) is 3.92. The molecule has 1 saturated carbocycles. The molecule has 0 aromatic rings. The number of carbonyl (C=O) groups is 1. The van der Waals surface area contributed by atoms with Crippen molar-refractivity contribution in [1.82, 2.24) is 4.90 Å². The number of aliphatic carboxylic acids is 1. The first-order valence-corrected chi connectivity index (χ1v) is 9.06. The van der Waals surface area contributed by atoms with E-state index in [4.69, 9.17) is 5.11 Å². The smallest absolute Gasteiger partial charge is 0.305 e. The van der Waals surface area contributed by atoms with Crippen LogP contribution in [0.4, 0.5) is 0 Å². The molecular weight excluding hydrogens is 278 g/mol. The summed E-state index contributed by atoms with van der Waals surface area (Å²) in [4.78, 5) is 13.1. The van der Waals surface area contributed by atoms with Gasteiger partial charge in [-0.2, -0.15) is 0 Å². The average Bonchev–Trinajstić information content (AvgIpc) is 2.36. The molecule has 0 atom stereocenters. The summed E-state index contributed by atoms with van der Waals surface area (Å²) >= 11 is 0. The zero-order valence-corrected chi connectivity index (χ0v) is 13.6. The van der Waals surface area contributed by atoms with Crippen LogP contribution in [-0.2, 0) is 14.6 Å². The van der Waals surface area contributed by atoms with E-state index in [1.165, 1.54) is 0 Å². The largest absolute Gasteiger partial charge is 0.481 e. The molecule has 20 heavy (non-hydrogen) atoms. The van der Waals surface area contributed by atoms with Gasteiger partial charge < -0.3 is 5.11 Å². The summed E-state index contributed by atoms with van der Waals surface area (Å²) in [6.07, 6.45) is 4.98. The second kappa shape index (κ2) is 6.89. The van der Waals surface area contributed by atoms with Crippen molar-refractivity contribution in [2.24, 2.45) is 0 Å². The number of rotatable bonds is 7. The third-order valence-electron chi connectivity index (χ3n) is 4.50. The minimum atomic E-state index is -3.08. The van der Waals surface area contributed by atoms with E-state index in [2.05, 4.69) is 0 Å². The first-order chi connectivity index (χ1) is 9.19. The highest BCUT2D eigenvalue weighted by Crippen LogP contribution is 2.35. The van der Waals surface area contributed by atoms with Gasteiger partial charge >= 0.3 is 5.97 Å². The summed E-state index contributed by atoms with van der Waals surface area (Å²) in [7, 11) is -1.21. The lowest BCUT2D eigenvalue weighted by molar-refractivity contribution is -0.141. The maximum atomic E-state index is 11.9. The molecule has 0 aliphatic heterocycles. The summed E-state index contributed by atoms with van der Waals surface area (Å²) in [6.45, 7) is 3.78. The summed E-state index contributed by atoms with van der Waals surface area (Å²) in [6, 6.07) is 0. The summed E-state index contributed by atoms with van der Waals surface area (Å²) < 4.78 is 23.8. The van der Waals surface area contributed by atoms with Gasteiger partial charge in [0.25, 0.3) is 0 Å². The van der Waals surface area contributed by atoms with Crippen LogP contribution in [0, 0.1) is 0 Å². The lowest BCUT2D eigenvalue weighted by Gasteiger charge is -2.44. The molecular formula is C14H27NO4S. The second-order valence-electron chi connectivity index (χ2n) is 6.19. The Balaban J connectivity index is 2.74. The van der Waals surface area contributed by atoms with Gasteiger partial charge in [0.15, 0.2) is 9.84 Å². The maximum absolute atomic E-state index is 11.9. The molecule has 0 aromatic carbocycles. The molecule has 0 bridgehead atoms. The maximum Gasteiger partial charge on any atom is 0.305 e. The van der Waals surface area contributed by atoms with Crippen molar-refractivity contribution in [3.05, 3.63) is 0 Å². The Morgan fingerprint density at radius 1 is 1.25 bits per heavy atom. The Bertz CT molecular complexity index is 424. The van der Waals surface area contributed by atoms with E-state index in [9.17, 15) is 13.2 Å². The second-order valence-corrected chi connectivity index (χ2v) is 8.87. The van der Waals surface area contributed by atoms with Crippen LogP contribution in [0.25, 0.3) is 0 Å². The minimum Gasteiger partial charge on any atom is -0.481 e. The van der Waals surface area contributed by atoms with Crippen molar-refractivity contribution in [2.45, 2.75) is 63.2 Å². The van der Waals surface area contributed by atoms with Crippen LogP contribution in [0.1, 0.15) is 52.4 Å². The lowest BCUT2D eigenvalue weighted by atomic mass is 9.78. The highest BCUT2D eigenvalue weighted by molar-refractivity contribution is 7.92. The molecule has 6 heteroatoms. The monoisotopic (exact) mass is 305 g/mol. The van der Waals surface area contributed by atoms with E-state index in [-0.39, 0.29) is 23.0 Å². The molecule has 118 valence electrons. The number of sulfone groups is 1. The fourth-order valence-electron chi connectivity index (χ4n) is 2.92. The molecule has 0 spiro atoms. The number of carboxylic acid groups (broad SMARTS) is 1. The molecule has 0 heterocycles. The lowest BCUT2D eigenvalue weighted by Crippen LogP contribution is -2.51. The van der Waals surface area contributed by atoms with Crippen molar-refractivity contribution in [3.8, 4) is 0 Å². The molecule has 0 unspecified atom stereocenters. The van der Waals surface area contributed by atoms with Gasteiger partial charge in [-0.25, -0.2) is 8.42 Å². The number of hydrogen-bond acceptors (Lipinski definition) is 4. The van der Waals surface area contributed by atoms with Crippen LogP contribution in [0.3, 0.4) is 0 Å². The van der Waals surface area contributed by atoms with Gasteiger partial charge in [-0.1, -0.05) is 19.3 Å². The van der Waals surface area contributed by atoms with Crippen LogP contribution < -0.4 is 0 Å². The predicted molar refractivity (Wildman–Crippen MR) is 79.6 cm³/mol. The molecule has 1 fully saturated rings. The van der Waals surface area contributed by atoms with E-state index in [1.54, 1.807) is 13.8 Å². The van der Waals surface area contributed by atoms with E-state index in [0.717, 1.165) is 32.1 Å². The molecule has 0 amide bonds. The molecule has 1 aliphatic rings. The van der Waals surface area contributed by atoms with Gasteiger partial charge in [0.2, 0.25) is 0 Å². The first kappa shape index (κ1) is 17.4. The van der Waals surface area contributed by atoms with E-state index >= 15 is 0 Å². The van der Waals surface area contributed by atoms with E-state index < -0.39 is 15.8 Å². The third-order valence-corrected chi connectivity index (χ3v) is 6.69. The standard InChI is InChI=1S/C14H27NO4S/c1-12(2)20(18,19)10-9-15(3)14(11-13(16)17)7-5-4-6-8-14/h12H,4-11H2,1-3H3,(H,16,17). The van der Waals surface area contributed by atoms with Gasteiger partial charge in [-0.3, -0.25) is 9.69 Å².